The summed E-state index contributed by atoms with van der Waals surface area (Å²) in [7, 11) is 0. The van der Waals surface area contributed by atoms with Crippen molar-refractivity contribution in [2.75, 3.05) is 6.54 Å². The van der Waals surface area contributed by atoms with Gasteiger partial charge in [0.1, 0.15) is 0 Å². The Hall–Kier alpha value is -2.43. The molecule has 0 aliphatic carbocycles. The average molecular weight is 339 g/mol. The molecule has 5 nitrogen and oxygen atoms in total. The smallest absolute Gasteiger partial charge is 0.257 e. The number of carbonyl (C=O) groups excluding carboxylic acids is 2. The van der Waals surface area contributed by atoms with Gasteiger partial charge in [-0.15, -0.1) is 0 Å². The standard InChI is InChI=1S/C20H25N3O2/c1-20(2,3)23-14-16(13-21-23)19(25)22-11-7-10-17(22)12-18(24)15-8-5-4-6-9-15/h4-6,8-9,13-14,17H,7,10-12H2,1-3H3. The zero-order chi connectivity index (χ0) is 18.0. The minimum atomic E-state index is -0.161. The van der Waals surface area contributed by atoms with E-state index in [-0.39, 0.29) is 23.3 Å². The van der Waals surface area contributed by atoms with E-state index in [4.69, 9.17) is 0 Å². The molecular formula is C20H25N3O2. The number of hydrogen-bond acceptors (Lipinski definition) is 3. The summed E-state index contributed by atoms with van der Waals surface area (Å²) >= 11 is 0. The number of rotatable bonds is 4. The Balaban J connectivity index is 1.72. The SMILES string of the molecule is CC(C)(C)n1cc(C(=O)N2CCCC2CC(=O)c2ccccc2)cn1. The first-order valence-electron chi connectivity index (χ1n) is 8.80. The Bertz CT molecular complexity index is 759. The van der Waals surface area contributed by atoms with E-state index >= 15 is 0 Å². The number of carbonyl (C=O) groups is 2. The van der Waals surface area contributed by atoms with E-state index in [1.807, 2.05) is 56.0 Å². The Kier molecular flexibility index (Phi) is 4.75. The maximum Gasteiger partial charge on any atom is 0.257 e. The highest BCUT2D eigenvalue weighted by molar-refractivity contribution is 5.98. The van der Waals surface area contributed by atoms with Crippen LogP contribution in [-0.4, -0.2) is 39.0 Å². The van der Waals surface area contributed by atoms with Gasteiger partial charge >= 0.3 is 0 Å². The zero-order valence-corrected chi connectivity index (χ0v) is 15.1. The number of likely N-dealkylation sites (tertiary alicyclic amines) is 1. The molecular weight excluding hydrogens is 314 g/mol. The van der Waals surface area contributed by atoms with E-state index in [2.05, 4.69) is 5.10 Å². The fourth-order valence-corrected chi connectivity index (χ4v) is 3.24. The lowest BCUT2D eigenvalue weighted by atomic mass is 10.0. The summed E-state index contributed by atoms with van der Waals surface area (Å²) in [6.07, 6.45) is 5.62. The maximum absolute atomic E-state index is 12.9. The summed E-state index contributed by atoms with van der Waals surface area (Å²) in [5, 5.41) is 4.32. The highest BCUT2D eigenvalue weighted by Crippen LogP contribution is 2.24. The van der Waals surface area contributed by atoms with Crippen molar-refractivity contribution in [2.24, 2.45) is 0 Å². The molecule has 0 N–H and O–H groups in total. The van der Waals surface area contributed by atoms with Crippen LogP contribution in [0, 0.1) is 0 Å². The van der Waals surface area contributed by atoms with Crippen LogP contribution < -0.4 is 0 Å². The Morgan fingerprint density at radius 2 is 1.88 bits per heavy atom. The van der Waals surface area contributed by atoms with Crippen molar-refractivity contribution in [1.82, 2.24) is 14.7 Å². The van der Waals surface area contributed by atoms with Gasteiger partial charge in [0, 0.05) is 30.8 Å². The predicted octanol–water partition coefficient (Wildman–Crippen LogP) is 3.52. The lowest BCUT2D eigenvalue weighted by Gasteiger charge is -2.24. The average Bonchev–Trinajstić information content (AvgIpc) is 3.24. The van der Waals surface area contributed by atoms with Crippen LogP contribution in [0.1, 0.15) is 60.7 Å². The largest absolute Gasteiger partial charge is 0.335 e. The minimum Gasteiger partial charge on any atom is -0.335 e. The molecule has 1 aliphatic rings. The van der Waals surface area contributed by atoms with Crippen LogP contribution in [0.25, 0.3) is 0 Å². The second kappa shape index (κ2) is 6.82. The fraction of sp³-hybridized carbons (Fsp3) is 0.450. The van der Waals surface area contributed by atoms with Gasteiger partial charge in [0.15, 0.2) is 5.78 Å². The third-order valence-corrected chi connectivity index (χ3v) is 4.67. The van der Waals surface area contributed by atoms with Crippen molar-refractivity contribution in [3.05, 3.63) is 53.9 Å². The van der Waals surface area contributed by atoms with Crippen LogP contribution in [0.2, 0.25) is 0 Å². The third kappa shape index (κ3) is 3.81. The number of amides is 1. The molecule has 2 aromatic rings. The van der Waals surface area contributed by atoms with Gasteiger partial charge in [-0.1, -0.05) is 30.3 Å². The number of aromatic nitrogens is 2. The molecule has 0 spiro atoms. The molecule has 1 unspecified atom stereocenters. The molecule has 0 radical (unpaired) electrons. The molecule has 1 fully saturated rings. The van der Waals surface area contributed by atoms with Crippen LogP contribution >= 0.6 is 0 Å². The van der Waals surface area contributed by atoms with Crippen LogP contribution in [-0.2, 0) is 5.54 Å². The normalized spacial score (nSPS) is 17.7. The molecule has 132 valence electrons. The summed E-state index contributed by atoms with van der Waals surface area (Å²) in [5.74, 6) is 0.0644. The van der Waals surface area contributed by atoms with Gasteiger partial charge < -0.3 is 4.90 Å². The molecule has 3 rings (SSSR count). The van der Waals surface area contributed by atoms with Gasteiger partial charge in [0.25, 0.3) is 5.91 Å². The van der Waals surface area contributed by atoms with E-state index < -0.39 is 0 Å². The monoisotopic (exact) mass is 339 g/mol. The first-order valence-corrected chi connectivity index (χ1v) is 8.80. The van der Waals surface area contributed by atoms with Crippen LogP contribution in [0.3, 0.4) is 0 Å². The van der Waals surface area contributed by atoms with Crippen molar-refractivity contribution in [1.29, 1.82) is 0 Å². The number of ketones is 1. The first kappa shape index (κ1) is 17.4. The molecule has 25 heavy (non-hydrogen) atoms. The van der Waals surface area contributed by atoms with Gasteiger partial charge in [0.2, 0.25) is 0 Å². The van der Waals surface area contributed by atoms with Crippen molar-refractivity contribution >= 4 is 11.7 Å². The summed E-state index contributed by atoms with van der Waals surface area (Å²) in [6, 6.07) is 9.26. The van der Waals surface area contributed by atoms with Gasteiger partial charge in [-0.05, 0) is 33.6 Å². The molecule has 1 aliphatic heterocycles. The molecule has 0 bridgehead atoms. The number of benzene rings is 1. The first-order chi connectivity index (χ1) is 11.9. The third-order valence-electron chi connectivity index (χ3n) is 4.67. The van der Waals surface area contributed by atoms with Gasteiger partial charge in [0.05, 0.1) is 17.3 Å². The highest BCUT2D eigenvalue weighted by atomic mass is 16.2. The maximum atomic E-state index is 12.9. The Morgan fingerprint density at radius 1 is 1.16 bits per heavy atom. The molecule has 1 atom stereocenters. The summed E-state index contributed by atoms with van der Waals surface area (Å²) in [6.45, 7) is 6.84. The summed E-state index contributed by atoms with van der Waals surface area (Å²) in [5.41, 5.74) is 1.14. The lowest BCUT2D eigenvalue weighted by molar-refractivity contribution is 0.0717. The fourth-order valence-electron chi connectivity index (χ4n) is 3.24. The molecule has 1 amide bonds. The number of hydrogen-bond donors (Lipinski definition) is 0. The van der Waals surface area contributed by atoms with E-state index in [1.54, 1.807) is 17.1 Å². The molecule has 1 aromatic heterocycles. The Labute approximate surface area is 148 Å². The second-order valence-corrected chi connectivity index (χ2v) is 7.63. The topological polar surface area (TPSA) is 55.2 Å². The van der Waals surface area contributed by atoms with Crippen LogP contribution in [0.15, 0.2) is 42.7 Å². The number of nitrogens with zero attached hydrogens (tertiary/aromatic N) is 3. The van der Waals surface area contributed by atoms with Crippen LogP contribution in [0.5, 0.6) is 0 Å². The van der Waals surface area contributed by atoms with Crippen molar-refractivity contribution in [3.8, 4) is 0 Å². The van der Waals surface area contributed by atoms with Crippen molar-refractivity contribution in [3.63, 3.8) is 0 Å². The summed E-state index contributed by atoms with van der Waals surface area (Å²) < 4.78 is 1.81. The van der Waals surface area contributed by atoms with Crippen LogP contribution in [0.4, 0.5) is 0 Å². The molecule has 1 aromatic carbocycles. The molecule has 2 heterocycles. The Morgan fingerprint density at radius 3 is 2.52 bits per heavy atom. The second-order valence-electron chi connectivity index (χ2n) is 7.63. The minimum absolute atomic E-state index is 0.0288. The summed E-state index contributed by atoms with van der Waals surface area (Å²) in [4.78, 5) is 27.2. The highest BCUT2D eigenvalue weighted by Gasteiger charge is 2.32. The van der Waals surface area contributed by atoms with E-state index in [9.17, 15) is 9.59 Å². The van der Waals surface area contributed by atoms with E-state index in [1.165, 1.54) is 0 Å². The number of Topliss-reactive ketones (excluding diaryl/α,β-unsaturated/α-hetero) is 1. The molecule has 5 heteroatoms. The van der Waals surface area contributed by atoms with Gasteiger partial charge in [-0.2, -0.15) is 5.10 Å². The van der Waals surface area contributed by atoms with E-state index in [0.29, 0.717) is 24.1 Å². The van der Waals surface area contributed by atoms with E-state index in [0.717, 1.165) is 12.8 Å². The molecule has 0 saturated carbocycles. The molecule has 1 saturated heterocycles. The predicted molar refractivity (Wildman–Crippen MR) is 96.7 cm³/mol. The zero-order valence-electron chi connectivity index (χ0n) is 15.1. The van der Waals surface area contributed by atoms with Gasteiger partial charge in [-0.25, -0.2) is 0 Å². The lowest BCUT2D eigenvalue weighted by Crippen LogP contribution is -2.36. The quantitative estimate of drug-likeness (QED) is 0.801. The van der Waals surface area contributed by atoms with Crippen molar-refractivity contribution < 1.29 is 9.59 Å². The van der Waals surface area contributed by atoms with Crippen molar-refractivity contribution in [2.45, 2.75) is 51.6 Å². The van der Waals surface area contributed by atoms with Gasteiger partial charge in [-0.3, -0.25) is 14.3 Å².